The Morgan fingerprint density at radius 3 is 1.60 bits per heavy atom. The third-order valence-corrected chi connectivity index (χ3v) is 0.285. The SMILES string of the molecule is C=C/C=[C+]/C.[O-][Cl+3]([O-])([O-])[O-]. The molecule has 0 N–H and O–H groups in total. The lowest BCUT2D eigenvalue weighted by Gasteiger charge is -2.17. The average molecular weight is 167 g/mol. The molecule has 0 aliphatic heterocycles. The molecule has 4 nitrogen and oxygen atoms in total. The summed E-state index contributed by atoms with van der Waals surface area (Å²) in [5.74, 6) is 0. The summed E-state index contributed by atoms with van der Waals surface area (Å²) in [6.45, 7) is 5.27. The maximum atomic E-state index is 8.49. The van der Waals surface area contributed by atoms with Crippen molar-refractivity contribution in [3.05, 3.63) is 24.8 Å². The summed E-state index contributed by atoms with van der Waals surface area (Å²) in [4.78, 5) is 0. The molecule has 0 aromatic heterocycles. The van der Waals surface area contributed by atoms with Crippen molar-refractivity contribution in [2.45, 2.75) is 6.92 Å². The first kappa shape index (κ1) is 12.2. The lowest BCUT2D eigenvalue weighted by Crippen LogP contribution is -2.68. The zero-order valence-electron chi connectivity index (χ0n) is 5.37. The minimum absolute atomic E-state index is 1.69. The lowest BCUT2D eigenvalue weighted by molar-refractivity contribution is -2.00. The van der Waals surface area contributed by atoms with Gasteiger partial charge in [-0.25, -0.2) is 18.6 Å². The van der Waals surface area contributed by atoms with Crippen LogP contribution in [0.5, 0.6) is 0 Å². The van der Waals surface area contributed by atoms with E-state index in [4.69, 9.17) is 18.6 Å². The molecule has 0 aliphatic carbocycles. The Kier molecular flexibility index (Phi) is 8.11. The van der Waals surface area contributed by atoms with E-state index >= 15 is 0 Å². The Morgan fingerprint density at radius 1 is 1.30 bits per heavy atom. The van der Waals surface area contributed by atoms with E-state index in [2.05, 4.69) is 12.7 Å². The van der Waals surface area contributed by atoms with Gasteiger partial charge in [0, 0.05) is 0 Å². The van der Waals surface area contributed by atoms with Gasteiger partial charge in [0.15, 0.2) is 6.08 Å². The molecule has 0 heterocycles. The zero-order chi connectivity index (χ0) is 8.62. The molecule has 0 saturated heterocycles. The highest BCUT2D eigenvalue weighted by Crippen LogP contribution is 1.62. The molecular weight excluding hydrogens is 160 g/mol. The highest BCUT2D eigenvalue weighted by molar-refractivity contribution is 4.90. The second-order valence-electron chi connectivity index (χ2n) is 1.07. The van der Waals surface area contributed by atoms with Gasteiger partial charge in [0.1, 0.15) is 0 Å². The van der Waals surface area contributed by atoms with E-state index in [-0.39, 0.29) is 0 Å². The molecule has 0 fully saturated rings. The second-order valence-corrected chi connectivity index (χ2v) is 1.82. The van der Waals surface area contributed by atoms with Crippen LogP contribution in [0.25, 0.3) is 0 Å². The number of hydrogen-bond donors (Lipinski definition) is 0. The fraction of sp³-hybridized carbons (Fsp3) is 0.200. The van der Waals surface area contributed by atoms with Gasteiger partial charge in [-0.05, 0) is 6.58 Å². The predicted octanol–water partition coefficient (Wildman–Crippen LogP) is -3.20. The van der Waals surface area contributed by atoms with Crippen LogP contribution >= 0.6 is 0 Å². The van der Waals surface area contributed by atoms with Crippen molar-refractivity contribution in [3.8, 4) is 0 Å². The Balaban J connectivity index is 0. The third kappa shape index (κ3) is 138. The van der Waals surface area contributed by atoms with E-state index in [0.29, 0.717) is 0 Å². The highest BCUT2D eigenvalue weighted by Gasteiger charge is 1.84. The van der Waals surface area contributed by atoms with Crippen molar-refractivity contribution < 1.29 is 28.9 Å². The minimum Gasteiger partial charge on any atom is -0.222 e. The van der Waals surface area contributed by atoms with Crippen LogP contribution in [0.1, 0.15) is 6.92 Å². The lowest BCUT2D eigenvalue weighted by atomic mass is 10.5. The van der Waals surface area contributed by atoms with Crippen molar-refractivity contribution in [3.63, 3.8) is 0 Å². The van der Waals surface area contributed by atoms with Crippen LogP contribution in [0.15, 0.2) is 18.7 Å². The molecule has 0 amide bonds. The summed E-state index contributed by atoms with van der Waals surface area (Å²) < 4.78 is 34.0. The molecule has 0 saturated carbocycles. The maximum Gasteiger partial charge on any atom is 0.153 e. The first-order valence-corrected chi connectivity index (χ1v) is 3.38. The fourth-order valence-electron chi connectivity index (χ4n) is 0.118. The summed E-state index contributed by atoms with van der Waals surface area (Å²) in [5.41, 5.74) is 0. The van der Waals surface area contributed by atoms with E-state index in [1.807, 2.05) is 6.92 Å². The highest BCUT2D eigenvalue weighted by atomic mass is 35.7. The van der Waals surface area contributed by atoms with Crippen LogP contribution in [0.3, 0.4) is 0 Å². The van der Waals surface area contributed by atoms with Gasteiger partial charge in [0.05, 0.1) is 19.1 Å². The molecule has 0 unspecified atom stereocenters. The van der Waals surface area contributed by atoms with Gasteiger partial charge in [-0.3, -0.25) is 0 Å². The molecule has 0 rings (SSSR count). The van der Waals surface area contributed by atoms with Crippen LogP contribution in [-0.2, 0) is 0 Å². The van der Waals surface area contributed by atoms with E-state index in [9.17, 15) is 0 Å². The summed E-state index contributed by atoms with van der Waals surface area (Å²) in [5, 5.41) is 0. The van der Waals surface area contributed by atoms with Gasteiger partial charge in [-0.2, -0.15) is 0 Å². The van der Waals surface area contributed by atoms with Gasteiger partial charge in [-0.15, -0.1) is 10.2 Å². The smallest absolute Gasteiger partial charge is 0.153 e. The predicted molar refractivity (Wildman–Crippen MR) is 23.7 cm³/mol. The van der Waals surface area contributed by atoms with Gasteiger partial charge < -0.3 is 0 Å². The Hall–Kier alpha value is -0.480. The van der Waals surface area contributed by atoms with Crippen LogP contribution < -0.4 is 18.6 Å². The monoisotopic (exact) mass is 166 g/mol. The summed E-state index contributed by atoms with van der Waals surface area (Å²) in [6, 6.07) is 0. The van der Waals surface area contributed by atoms with E-state index in [1.165, 1.54) is 0 Å². The summed E-state index contributed by atoms with van der Waals surface area (Å²) >= 11 is 0. The molecule has 0 bridgehead atoms. The second kappa shape index (κ2) is 6.64. The van der Waals surface area contributed by atoms with Crippen molar-refractivity contribution in [1.82, 2.24) is 0 Å². The Labute approximate surface area is 61.5 Å². The normalized spacial score (nSPS) is 9.70. The van der Waals surface area contributed by atoms with E-state index < -0.39 is 10.2 Å². The van der Waals surface area contributed by atoms with Crippen LogP contribution in [-0.4, -0.2) is 0 Å². The zero-order valence-corrected chi connectivity index (χ0v) is 6.13. The molecule has 5 heteroatoms. The molecule has 10 heavy (non-hydrogen) atoms. The quantitative estimate of drug-likeness (QED) is 0.303. The molecular formula is C5H7ClO4. The summed E-state index contributed by atoms with van der Waals surface area (Å²) in [6.07, 6.45) is 6.23. The van der Waals surface area contributed by atoms with Gasteiger partial charge in [0.25, 0.3) is 0 Å². The van der Waals surface area contributed by atoms with Crippen molar-refractivity contribution in [2.75, 3.05) is 0 Å². The summed E-state index contributed by atoms with van der Waals surface area (Å²) in [7, 11) is -4.94. The standard InChI is InChI=1S/C5H7.ClHO4/c1-3-5-4-2;2-1(3,4)5/h3,5H,1H2,2H3;(H,2,3,4,5)/q+1;/p-1. The number of halogens is 1. The van der Waals surface area contributed by atoms with Crippen molar-refractivity contribution >= 4 is 0 Å². The molecule has 0 aromatic carbocycles. The number of rotatable bonds is 1. The van der Waals surface area contributed by atoms with E-state index in [0.717, 1.165) is 0 Å². The maximum absolute atomic E-state index is 8.49. The van der Waals surface area contributed by atoms with Crippen LogP contribution in [0.4, 0.5) is 0 Å². The molecule has 0 radical (unpaired) electrons. The Morgan fingerprint density at radius 2 is 1.60 bits per heavy atom. The molecule has 0 atom stereocenters. The topological polar surface area (TPSA) is 92.2 Å². The molecule has 0 aliphatic rings. The van der Waals surface area contributed by atoms with Gasteiger partial charge in [-0.1, -0.05) is 0 Å². The van der Waals surface area contributed by atoms with Crippen LogP contribution in [0.2, 0.25) is 0 Å². The van der Waals surface area contributed by atoms with E-state index in [1.54, 1.807) is 12.2 Å². The molecule has 58 valence electrons. The first-order valence-electron chi connectivity index (χ1n) is 2.15. The third-order valence-electron chi connectivity index (χ3n) is 0.285. The first-order chi connectivity index (χ1) is 4.41. The largest absolute Gasteiger partial charge is 0.222 e. The number of allylic oxidation sites excluding steroid dienone is 3. The fourth-order valence-corrected chi connectivity index (χ4v) is 0.118. The van der Waals surface area contributed by atoms with Gasteiger partial charge >= 0.3 is 0 Å². The Bertz CT molecular complexity index is 98.7. The van der Waals surface area contributed by atoms with Crippen molar-refractivity contribution in [2.24, 2.45) is 0 Å². The average Bonchev–Trinajstić information content (AvgIpc) is 1.63. The van der Waals surface area contributed by atoms with Crippen molar-refractivity contribution in [1.29, 1.82) is 0 Å². The minimum atomic E-state index is -4.94. The molecule has 0 aromatic rings. The number of hydrogen-bond acceptors (Lipinski definition) is 4. The molecule has 0 spiro atoms. The van der Waals surface area contributed by atoms with Crippen LogP contribution in [0, 0.1) is 16.3 Å². The van der Waals surface area contributed by atoms with Gasteiger partial charge in [0.2, 0.25) is 0 Å².